The van der Waals surface area contributed by atoms with Crippen molar-refractivity contribution in [3.63, 3.8) is 0 Å². The molecule has 0 aromatic carbocycles. The van der Waals surface area contributed by atoms with E-state index in [-0.39, 0.29) is 5.41 Å². The second-order valence-corrected chi connectivity index (χ2v) is 8.27. The minimum Gasteiger partial charge on any atom is -0.299 e. The van der Waals surface area contributed by atoms with E-state index >= 15 is 0 Å². The molecule has 0 aromatic rings. The van der Waals surface area contributed by atoms with Crippen LogP contribution in [0.25, 0.3) is 0 Å². The first-order valence-electron chi connectivity index (χ1n) is 6.96. The van der Waals surface area contributed by atoms with E-state index in [0.29, 0.717) is 11.2 Å². The lowest BCUT2D eigenvalue weighted by Gasteiger charge is -2.34. The third kappa shape index (κ3) is 2.87. The molecule has 3 atom stereocenters. The lowest BCUT2D eigenvalue weighted by Crippen LogP contribution is -2.32. The predicted molar refractivity (Wildman–Crippen MR) is 80.5 cm³/mol. The number of hydrogen-bond donors (Lipinski definition) is 0. The van der Waals surface area contributed by atoms with Gasteiger partial charge in [0.15, 0.2) is 0 Å². The standard InChI is InChI=1S/C15H25IO/c1-14(2,3)6-7-15-8-11(4-5-13(15)17)12(9-15)10-16/h11-12H,4-10H2,1-3H3/t11-,12?,15+/m1/s1. The summed E-state index contributed by atoms with van der Waals surface area (Å²) in [5.41, 5.74) is 0.455. The van der Waals surface area contributed by atoms with Gasteiger partial charge in [-0.15, -0.1) is 0 Å². The molecule has 98 valence electrons. The molecule has 0 aromatic heterocycles. The Hall–Kier alpha value is 0.400. The molecule has 2 saturated carbocycles. The molecule has 17 heavy (non-hydrogen) atoms. The van der Waals surface area contributed by atoms with Crippen LogP contribution in [0.1, 0.15) is 59.3 Å². The summed E-state index contributed by atoms with van der Waals surface area (Å²) in [5, 5.41) is 0. The van der Waals surface area contributed by atoms with Crippen molar-refractivity contribution >= 4 is 28.4 Å². The molecule has 2 aliphatic carbocycles. The molecule has 2 rings (SSSR count). The first kappa shape index (κ1) is 13.8. The molecule has 1 unspecified atom stereocenters. The zero-order valence-electron chi connectivity index (χ0n) is 11.4. The predicted octanol–water partition coefficient (Wildman–Crippen LogP) is 4.62. The normalized spacial score (nSPS) is 37.5. The molecule has 0 heterocycles. The van der Waals surface area contributed by atoms with Crippen LogP contribution >= 0.6 is 22.6 Å². The van der Waals surface area contributed by atoms with Gasteiger partial charge >= 0.3 is 0 Å². The first-order valence-corrected chi connectivity index (χ1v) is 8.48. The Morgan fingerprint density at radius 2 is 2.06 bits per heavy atom. The van der Waals surface area contributed by atoms with Crippen molar-refractivity contribution in [2.24, 2.45) is 22.7 Å². The van der Waals surface area contributed by atoms with Crippen molar-refractivity contribution in [3.8, 4) is 0 Å². The molecule has 1 nitrogen and oxygen atoms in total. The summed E-state index contributed by atoms with van der Waals surface area (Å²) < 4.78 is 1.24. The molecule has 2 fully saturated rings. The maximum atomic E-state index is 12.3. The van der Waals surface area contributed by atoms with Crippen molar-refractivity contribution in [1.82, 2.24) is 0 Å². The number of halogens is 1. The Morgan fingerprint density at radius 3 is 2.65 bits per heavy atom. The molecule has 2 heteroatoms. The second-order valence-electron chi connectivity index (χ2n) is 7.39. The fraction of sp³-hybridized carbons (Fsp3) is 0.933. The Balaban J connectivity index is 2.09. The highest BCUT2D eigenvalue weighted by Crippen LogP contribution is 2.56. The summed E-state index contributed by atoms with van der Waals surface area (Å²) in [4.78, 5) is 12.3. The number of rotatable bonds is 3. The number of alkyl halides is 1. The zero-order chi connectivity index (χ0) is 12.7. The van der Waals surface area contributed by atoms with Gasteiger partial charge in [0, 0.05) is 16.3 Å². The van der Waals surface area contributed by atoms with E-state index in [1.807, 2.05) is 0 Å². The van der Waals surface area contributed by atoms with Crippen molar-refractivity contribution in [2.45, 2.75) is 59.3 Å². The van der Waals surface area contributed by atoms with Gasteiger partial charge in [0.05, 0.1) is 0 Å². The van der Waals surface area contributed by atoms with Gasteiger partial charge < -0.3 is 0 Å². The molecule has 0 spiro atoms. The fourth-order valence-corrected chi connectivity index (χ4v) is 4.74. The summed E-state index contributed by atoms with van der Waals surface area (Å²) in [6.07, 6.45) is 6.76. The van der Waals surface area contributed by atoms with E-state index in [1.165, 1.54) is 30.1 Å². The average molecular weight is 348 g/mol. The number of Topliss-reactive ketones (excluding diaryl/α,β-unsaturated/α-hetero) is 1. The third-order valence-electron chi connectivity index (χ3n) is 4.86. The highest BCUT2D eigenvalue weighted by atomic mass is 127. The van der Waals surface area contributed by atoms with Crippen LogP contribution < -0.4 is 0 Å². The zero-order valence-corrected chi connectivity index (χ0v) is 13.5. The van der Waals surface area contributed by atoms with Crippen LogP contribution in [0, 0.1) is 22.7 Å². The highest BCUT2D eigenvalue weighted by Gasteiger charge is 2.51. The van der Waals surface area contributed by atoms with Crippen LogP contribution in [-0.4, -0.2) is 10.2 Å². The van der Waals surface area contributed by atoms with E-state index in [1.54, 1.807) is 0 Å². The Kier molecular flexibility index (Phi) is 3.92. The number of hydrogen-bond acceptors (Lipinski definition) is 1. The van der Waals surface area contributed by atoms with Crippen LogP contribution in [0.2, 0.25) is 0 Å². The smallest absolute Gasteiger partial charge is 0.139 e. The molecular formula is C15H25IO. The van der Waals surface area contributed by atoms with Crippen molar-refractivity contribution in [1.29, 1.82) is 0 Å². The largest absolute Gasteiger partial charge is 0.299 e. The summed E-state index contributed by atoms with van der Waals surface area (Å²) in [7, 11) is 0. The quantitative estimate of drug-likeness (QED) is 0.537. The van der Waals surface area contributed by atoms with Gasteiger partial charge in [-0.1, -0.05) is 43.4 Å². The molecule has 0 radical (unpaired) electrons. The van der Waals surface area contributed by atoms with Gasteiger partial charge in [-0.25, -0.2) is 0 Å². The van der Waals surface area contributed by atoms with Crippen LogP contribution in [0.4, 0.5) is 0 Å². The molecule has 0 amide bonds. The van der Waals surface area contributed by atoms with Gasteiger partial charge in [-0.3, -0.25) is 4.79 Å². The van der Waals surface area contributed by atoms with Gasteiger partial charge in [-0.05, 0) is 49.4 Å². The Bertz CT molecular complexity index is 305. The van der Waals surface area contributed by atoms with E-state index in [0.717, 1.165) is 24.7 Å². The maximum Gasteiger partial charge on any atom is 0.139 e. The Morgan fingerprint density at radius 1 is 1.35 bits per heavy atom. The van der Waals surface area contributed by atoms with E-state index in [4.69, 9.17) is 0 Å². The summed E-state index contributed by atoms with van der Waals surface area (Å²) in [5.74, 6) is 2.26. The van der Waals surface area contributed by atoms with Crippen molar-refractivity contribution in [3.05, 3.63) is 0 Å². The number of carbonyl (C=O) groups is 1. The molecule has 0 N–H and O–H groups in total. The topological polar surface area (TPSA) is 17.1 Å². The maximum absolute atomic E-state index is 12.3. The first-order chi connectivity index (χ1) is 7.86. The molecule has 2 bridgehead atoms. The van der Waals surface area contributed by atoms with Gasteiger partial charge in [0.2, 0.25) is 0 Å². The molecular weight excluding hydrogens is 323 g/mol. The van der Waals surface area contributed by atoms with Crippen molar-refractivity contribution < 1.29 is 4.79 Å². The number of carbonyl (C=O) groups excluding carboxylic acids is 1. The third-order valence-corrected chi connectivity index (χ3v) is 5.99. The van der Waals surface area contributed by atoms with Crippen molar-refractivity contribution in [2.75, 3.05) is 4.43 Å². The van der Waals surface area contributed by atoms with Gasteiger partial charge in [-0.2, -0.15) is 0 Å². The Labute approximate surface area is 119 Å². The number of ketones is 1. The number of fused-ring (bicyclic) bond motifs is 2. The second kappa shape index (κ2) is 4.82. The summed E-state index contributed by atoms with van der Waals surface area (Å²) >= 11 is 2.51. The minimum atomic E-state index is 0.0893. The summed E-state index contributed by atoms with van der Waals surface area (Å²) in [6, 6.07) is 0. The van der Waals surface area contributed by atoms with E-state index in [2.05, 4.69) is 43.4 Å². The lowest BCUT2D eigenvalue weighted by molar-refractivity contribution is -0.131. The molecule has 0 aliphatic heterocycles. The van der Waals surface area contributed by atoms with E-state index < -0.39 is 0 Å². The lowest BCUT2D eigenvalue weighted by atomic mass is 9.69. The monoisotopic (exact) mass is 348 g/mol. The highest BCUT2D eigenvalue weighted by molar-refractivity contribution is 14.1. The van der Waals surface area contributed by atoms with Crippen LogP contribution in [0.15, 0.2) is 0 Å². The van der Waals surface area contributed by atoms with Crippen LogP contribution in [0.5, 0.6) is 0 Å². The summed E-state index contributed by atoms with van der Waals surface area (Å²) in [6.45, 7) is 6.87. The molecule has 2 aliphatic rings. The van der Waals surface area contributed by atoms with Gasteiger partial charge in [0.1, 0.15) is 5.78 Å². The molecule has 0 saturated heterocycles. The van der Waals surface area contributed by atoms with E-state index in [9.17, 15) is 4.79 Å². The SMILES string of the molecule is CC(C)(C)CC[C@]12CC(CI)[C@H](CCC1=O)C2. The fourth-order valence-electron chi connectivity index (χ4n) is 3.71. The minimum absolute atomic E-state index is 0.0893. The van der Waals surface area contributed by atoms with Gasteiger partial charge in [0.25, 0.3) is 0 Å². The van der Waals surface area contributed by atoms with Crippen LogP contribution in [0.3, 0.4) is 0 Å². The average Bonchev–Trinajstić information content (AvgIpc) is 2.56. The van der Waals surface area contributed by atoms with Crippen LogP contribution in [-0.2, 0) is 4.79 Å².